The lowest BCUT2D eigenvalue weighted by molar-refractivity contribution is -0.0687. The minimum atomic E-state index is -0.960. The maximum atomic E-state index is 10.3. The molecule has 0 amide bonds. The zero-order chi connectivity index (χ0) is 15.9. The topological polar surface area (TPSA) is 129 Å². The van der Waals surface area contributed by atoms with Crippen LogP contribution in [0, 0.1) is 0 Å². The van der Waals surface area contributed by atoms with Gasteiger partial charge in [0.1, 0.15) is 24.6 Å². The third kappa shape index (κ3) is 2.36. The molecule has 0 aromatic carbocycles. The van der Waals surface area contributed by atoms with E-state index in [0.29, 0.717) is 22.5 Å². The van der Waals surface area contributed by atoms with Gasteiger partial charge in [-0.05, 0) is 22.9 Å². The maximum absolute atomic E-state index is 10.3. The van der Waals surface area contributed by atoms with Crippen LogP contribution in [-0.2, 0) is 9.47 Å². The Morgan fingerprint density at radius 2 is 2.27 bits per heavy atom. The molecule has 0 bridgehead atoms. The van der Waals surface area contributed by atoms with Crippen molar-refractivity contribution in [2.75, 3.05) is 18.9 Å². The molecule has 1 aliphatic heterocycles. The summed E-state index contributed by atoms with van der Waals surface area (Å²) in [5.74, 6) is 0.245. The van der Waals surface area contributed by atoms with Crippen LogP contribution in [0.4, 0.5) is 5.82 Å². The lowest BCUT2D eigenvalue weighted by Crippen LogP contribution is -2.35. The molecule has 0 aliphatic carbocycles. The van der Waals surface area contributed by atoms with Crippen molar-refractivity contribution in [3.8, 4) is 0 Å². The van der Waals surface area contributed by atoms with Gasteiger partial charge >= 0.3 is 0 Å². The molecule has 2 aromatic rings. The number of aliphatic hydroxyl groups excluding tert-OH is 2. The van der Waals surface area contributed by atoms with E-state index in [1.54, 1.807) is 4.57 Å². The summed E-state index contributed by atoms with van der Waals surface area (Å²) in [5.41, 5.74) is 6.69. The Bertz CT molecular complexity index is 681. The van der Waals surface area contributed by atoms with Crippen molar-refractivity contribution in [1.29, 1.82) is 0 Å². The number of halogens is 1. The smallest absolute Gasteiger partial charge is 0.181 e. The maximum Gasteiger partial charge on any atom is 0.181 e. The molecule has 120 valence electrons. The van der Waals surface area contributed by atoms with E-state index >= 15 is 0 Å². The number of imidazole rings is 1. The lowest BCUT2D eigenvalue weighted by atomic mass is 10.1. The van der Waals surface area contributed by atoms with E-state index in [9.17, 15) is 10.2 Å². The molecule has 10 heteroatoms. The van der Waals surface area contributed by atoms with Crippen molar-refractivity contribution < 1.29 is 19.7 Å². The van der Waals surface area contributed by atoms with Crippen LogP contribution in [0.5, 0.6) is 0 Å². The van der Waals surface area contributed by atoms with Gasteiger partial charge in [0.15, 0.2) is 27.9 Å². The standard InChI is InChI=1S/C12H16BrN5O4/c1-2-21-8-7(20)5(3-19)22-11(8)18-10-6(17-12(18)13)9(14)15-4-16-10/h4-5,7-8,11,19-20H,2-3H2,1H3,(H2,14,15,16)/t5-,7-,8-,11-/m1/s1. The van der Waals surface area contributed by atoms with Crippen LogP contribution >= 0.6 is 15.9 Å². The van der Waals surface area contributed by atoms with Crippen LogP contribution < -0.4 is 5.73 Å². The largest absolute Gasteiger partial charge is 0.394 e. The molecule has 1 fully saturated rings. The van der Waals surface area contributed by atoms with E-state index in [2.05, 4.69) is 30.9 Å². The van der Waals surface area contributed by atoms with E-state index in [1.807, 2.05) is 6.92 Å². The van der Waals surface area contributed by atoms with Gasteiger partial charge in [0.2, 0.25) is 0 Å². The number of rotatable bonds is 4. The van der Waals surface area contributed by atoms with Crippen molar-refractivity contribution >= 4 is 32.9 Å². The van der Waals surface area contributed by atoms with E-state index in [4.69, 9.17) is 15.2 Å². The molecule has 4 N–H and O–H groups in total. The zero-order valence-corrected chi connectivity index (χ0v) is 13.3. The molecular formula is C12H16BrN5O4. The first-order valence-corrected chi connectivity index (χ1v) is 7.57. The van der Waals surface area contributed by atoms with Gasteiger partial charge in [-0.2, -0.15) is 0 Å². The second-order valence-corrected chi connectivity index (χ2v) is 5.55. The van der Waals surface area contributed by atoms with Crippen molar-refractivity contribution in [3.63, 3.8) is 0 Å². The SMILES string of the molecule is CCO[C@@H]1[C@H](O)[C@@H](CO)O[C@H]1n1c(Br)nc2c(N)ncnc21. The predicted molar refractivity (Wildman–Crippen MR) is 79.9 cm³/mol. The average molecular weight is 374 g/mol. The zero-order valence-electron chi connectivity index (χ0n) is 11.8. The first-order valence-electron chi connectivity index (χ1n) is 6.78. The highest BCUT2D eigenvalue weighted by Gasteiger charge is 2.46. The Hall–Kier alpha value is -1.33. The fourth-order valence-electron chi connectivity index (χ4n) is 2.57. The van der Waals surface area contributed by atoms with E-state index in [-0.39, 0.29) is 12.4 Å². The molecule has 0 radical (unpaired) electrons. The van der Waals surface area contributed by atoms with Gasteiger partial charge in [0, 0.05) is 6.61 Å². The number of fused-ring (bicyclic) bond motifs is 1. The number of nitrogens with two attached hydrogens (primary N) is 1. The van der Waals surface area contributed by atoms with E-state index in [1.165, 1.54) is 6.33 Å². The Balaban J connectivity index is 2.09. The van der Waals surface area contributed by atoms with Crippen LogP contribution in [-0.4, -0.2) is 61.3 Å². The van der Waals surface area contributed by atoms with Gasteiger partial charge < -0.3 is 25.4 Å². The minimum Gasteiger partial charge on any atom is -0.394 e. The molecule has 3 heterocycles. The van der Waals surface area contributed by atoms with Crippen LogP contribution in [0.1, 0.15) is 13.2 Å². The number of anilines is 1. The normalized spacial score (nSPS) is 28.5. The Kier molecular flexibility index (Phi) is 4.28. The third-order valence-electron chi connectivity index (χ3n) is 3.57. The molecule has 0 saturated carbocycles. The number of aromatic nitrogens is 4. The number of nitrogen functional groups attached to an aromatic ring is 1. The van der Waals surface area contributed by atoms with Gasteiger partial charge in [-0.15, -0.1) is 0 Å². The monoisotopic (exact) mass is 373 g/mol. The molecule has 0 spiro atoms. The summed E-state index contributed by atoms with van der Waals surface area (Å²) in [7, 11) is 0. The van der Waals surface area contributed by atoms with Crippen LogP contribution in [0.2, 0.25) is 0 Å². The first kappa shape index (κ1) is 15.6. The Morgan fingerprint density at radius 1 is 1.50 bits per heavy atom. The number of hydrogen-bond acceptors (Lipinski definition) is 8. The molecule has 22 heavy (non-hydrogen) atoms. The first-order chi connectivity index (χ1) is 10.6. The summed E-state index contributed by atoms with van der Waals surface area (Å²) in [6.45, 7) is 1.89. The van der Waals surface area contributed by atoms with Crippen LogP contribution in [0.15, 0.2) is 11.1 Å². The Labute approximate surface area is 134 Å². The van der Waals surface area contributed by atoms with Crippen LogP contribution in [0.25, 0.3) is 11.2 Å². The summed E-state index contributed by atoms with van der Waals surface area (Å²) in [6, 6.07) is 0. The minimum absolute atomic E-state index is 0.245. The molecule has 1 aliphatic rings. The second kappa shape index (κ2) is 6.05. The number of nitrogens with zero attached hydrogens (tertiary/aromatic N) is 4. The fourth-order valence-corrected chi connectivity index (χ4v) is 3.12. The highest BCUT2D eigenvalue weighted by Crippen LogP contribution is 2.36. The second-order valence-electron chi connectivity index (χ2n) is 4.84. The molecule has 0 unspecified atom stereocenters. The van der Waals surface area contributed by atoms with E-state index < -0.39 is 24.5 Å². The number of hydrogen-bond donors (Lipinski definition) is 3. The Morgan fingerprint density at radius 3 is 2.95 bits per heavy atom. The summed E-state index contributed by atoms with van der Waals surface area (Å²) in [5, 5.41) is 19.6. The number of ether oxygens (including phenoxy) is 2. The van der Waals surface area contributed by atoms with Gasteiger partial charge in [0.05, 0.1) is 6.61 Å². The molecule has 9 nitrogen and oxygen atoms in total. The summed E-state index contributed by atoms with van der Waals surface area (Å²) >= 11 is 3.34. The van der Waals surface area contributed by atoms with Gasteiger partial charge in [0.25, 0.3) is 0 Å². The summed E-state index contributed by atoms with van der Waals surface area (Å²) in [6.07, 6.45) is -1.73. The van der Waals surface area contributed by atoms with Crippen molar-refractivity contribution in [1.82, 2.24) is 19.5 Å². The fraction of sp³-hybridized carbons (Fsp3) is 0.583. The van der Waals surface area contributed by atoms with Crippen LogP contribution in [0.3, 0.4) is 0 Å². The molecule has 3 rings (SSSR count). The summed E-state index contributed by atoms with van der Waals surface area (Å²) in [4.78, 5) is 12.4. The van der Waals surface area contributed by atoms with Crippen molar-refractivity contribution in [2.45, 2.75) is 31.5 Å². The summed E-state index contributed by atoms with van der Waals surface area (Å²) < 4.78 is 13.4. The average Bonchev–Trinajstić information content (AvgIpc) is 2.98. The molecule has 2 aromatic heterocycles. The highest BCUT2D eigenvalue weighted by atomic mass is 79.9. The molecule has 4 atom stereocenters. The third-order valence-corrected chi connectivity index (χ3v) is 4.13. The lowest BCUT2D eigenvalue weighted by Gasteiger charge is -2.22. The van der Waals surface area contributed by atoms with Gasteiger partial charge in [-0.25, -0.2) is 15.0 Å². The predicted octanol–water partition coefficient (Wildman–Crippen LogP) is -0.173. The highest BCUT2D eigenvalue weighted by molar-refractivity contribution is 9.10. The number of aliphatic hydroxyl groups is 2. The van der Waals surface area contributed by atoms with Gasteiger partial charge in [-0.1, -0.05) is 0 Å². The van der Waals surface area contributed by atoms with Crippen molar-refractivity contribution in [3.05, 3.63) is 11.1 Å². The molecular weight excluding hydrogens is 358 g/mol. The molecule has 1 saturated heterocycles. The van der Waals surface area contributed by atoms with Crippen molar-refractivity contribution in [2.24, 2.45) is 0 Å². The van der Waals surface area contributed by atoms with E-state index in [0.717, 1.165) is 0 Å². The van der Waals surface area contributed by atoms with Gasteiger partial charge in [-0.3, -0.25) is 4.57 Å². The quantitative estimate of drug-likeness (QED) is 0.629.